The lowest BCUT2D eigenvalue weighted by atomic mass is 9.90. The first-order valence-corrected chi connectivity index (χ1v) is 7.94. The highest BCUT2D eigenvalue weighted by Gasteiger charge is 2.18. The van der Waals surface area contributed by atoms with E-state index in [1.807, 2.05) is 45.0 Å². The Morgan fingerprint density at radius 3 is 2.33 bits per heavy atom. The van der Waals surface area contributed by atoms with E-state index >= 15 is 0 Å². The third kappa shape index (κ3) is 3.48. The molecule has 0 aliphatic heterocycles. The van der Waals surface area contributed by atoms with Crippen molar-refractivity contribution in [3.05, 3.63) is 52.6 Å². The van der Waals surface area contributed by atoms with E-state index in [0.29, 0.717) is 17.7 Å². The topological polar surface area (TPSA) is 63.6 Å². The number of carboxylic acids is 1. The van der Waals surface area contributed by atoms with E-state index in [0.717, 1.165) is 34.1 Å². The summed E-state index contributed by atoms with van der Waals surface area (Å²) in [6, 6.07) is 9.35. The fourth-order valence-corrected chi connectivity index (χ4v) is 2.94. The quantitative estimate of drug-likeness (QED) is 0.802. The van der Waals surface area contributed by atoms with Crippen molar-refractivity contribution in [3.8, 4) is 16.9 Å². The molecule has 0 heterocycles. The predicted octanol–water partition coefficient (Wildman–Crippen LogP) is 4.33. The first-order valence-electron chi connectivity index (χ1n) is 7.94. The standard InChI is InChI=1S/C20H22O4/c1-5-18(20(22)23)24-16-9-12(2)19(13(3)10-16)17-8-6-7-15(11-21)14(17)4/h6-11,18H,5H2,1-4H3,(H,22,23). The van der Waals surface area contributed by atoms with Crippen LogP contribution in [-0.2, 0) is 4.79 Å². The van der Waals surface area contributed by atoms with Crippen LogP contribution in [0.4, 0.5) is 0 Å². The zero-order valence-corrected chi connectivity index (χ0v) is 14.4. The maximum Gasteiger partial charge on any atom is 0.344 e. The van der Waals surface area contributed by atoms with E-state index in [4.69, 9.17) is 9.84 Å². The number of carboxylic acid groups (broad SMARTS) is 1. The number of aliphatic carboxylic acids is 1. The smallest absolute Gasteiger partial charge is 0.344 e. The summed E-state index contributed by atoms with van der Waals surface area (Å²) in [7, 11) is 0. The highest BCUT2D eigenvalue weighted by atomic mass is 16.5. The lowest BCUT2D eigenvalue weighted by molar-refractivity contribution is -0.145. The van der Waals surface area contributed by atoms with Crippen molar-refractivity contribution < 1.29 is 19.4 Å². The van der Waals surface area contributed by atoms with Crippen LogP contribution in [0.2, 0.25) is 0 Å². The molecular formula is C20H22O4. The maximum absolute atomic E-state index is 11.2. The van der Waals surface area contributed by atoms with Gasteiger partial charge in [0.1, 0.15) is 12.0 Å². The van der Waals surface area contributed by atoms with Crippen LogP contribution in [0.3, 0.4) is 0 Å². The van der Waals surface area contributed by atoms with E-state index < -0.39 is 12.1 Å². The SMILES string of the molecule is CCC(Oc1cc(C)c(-c2cccc(C=O)c2C)c(C)c1)C(=O)O. The van der Waals surface area contributed by atoms with Gasteiger partial charge in [0, 0.05) is 5.56 Å². The highest BCUT2D eigenvalue weighted by molar-refractivity contribution is 5.84. The van der Waals surface area contributed by atoms with E-state index in [-0.39, 0.29) is 0 Å². The van der Waals surface area contributed by atoms with Crippen molar-refractivity contribution in [1.82, 2.24) is 0 Å². The number of ether oxygens (including phenoxy) is 1. The second-order valence-electron chi connectivity index (χ2n) is 5.92. The number of carbonyl (C=O) groups is 2. The van der Waals surface area contributed by atoms with E-state index in [1.165, 1.54) is 0 Å². The van der Waals surface area contributed by atoms with Crippen LogP contribution in [-0.4, -0.2) is 23.5 Å². The first-order chi connectivity index (χ1) is 11.4. The molecule has 126 valence electrons. The lowest BCUT2D eigenvalue weighted by Crippen LogP contribution is -2.26. The number of carbonyl (C=O) groups excluding carboxylic acids is 1. The van der Waals surface area contributed by atoms with Gasteiger partial charge < -0.3 is 9.84 Å². The van der Waals surface area contributed by atoms with Gasteiger partial charge in [0.25, 0.3) is 0 Å². The molecule has 0 aliphatic rings. The number of benzene rings is 2. The summed E-state index contributed by atoms with van der Waals surface area (Å²) in [5.74, 6) is -0.418. The monoisotopic (exact) mass is 326 g/mol. The van der Waals surface area contributed by atoms with Crippen LogP contribution in [0.1, 0.15) is 40.4 Å². The molecule has 0 bridgehead atoms. The summed E-state index contributed by atoms with van der Waals surface area (Å²) < 4.78 is 5.60. The van der Waals surface area contributed by atoms with E-state index in [2.05, 4.69) is 0 Å². The van der Waals surface area contributed by atoms with Gasteiger partial charge in [-0.25, -0.2) is 4.79 Å². The molecular weight excluding hydrogens is 304 g/mol. The Kier molecular flexibility index (Phi) is 5.39. The van der Waals surface area contributed by atoms with Crippen LogP contribution in [0, 0.1) is 20.8 Å². The molecule has 1 N–H and O–H groups in total. The second-order valence-corrected chi connectivity index (χ2v) is 5.92. The number of aldehydes is 1. The molecule has 4 nitrogen and oxygen atoms in total. The number of hydrogen-bond donors (Lipinski definition) is 1. The van der Waals surface area contributed by atoms with Crippen molar-refractivity contribution >= 4 is 12.3 Å². The second kappa shape index (κ2) is 7.30. The Bertz CT molecular complexity index is 754. The minimum Gasteiger partial charge on any atom is -0.479 e. The molecule has 0 saturated heterocycles. The van der Waals surface area contributed by atoms with Gasteiger partial charge in [-0.05, 0) is 67.1 Å². The Morgan fingerprint density at radius 1 is 1.21 bits per heavy atom. The highest BCUT2D eigenvalue weighted by Crippen LogP contribution is 2.34. The lowest BCUT2D eigenvalue weighted by Gasteiger charge is -2.18. The van der Waals surface area contributed by atoms with Crippen molar-refractivity contribution in [1.29, 1.82) is 0 Å². The summed E-state index contributed by atoms with van der Waals surface area (Å²) in [4.78, 5) is 22.3. The summed E-state index contributed by atoms with van der Waals surface area (Å²) in [6.45, 7) is 7.63. The minimum absolute atomic E-state index is 0.398. The van der Waals surface area contributed by atoms with Gasteiger partial charge >= 0.3 is 5.97 Å². The van der Waals surface area contributed by atoms with E-state index in [1.54, 1.807) is 13.0 Å². The molecule has 0 fully saturated rings. The van der Waals surface area contributed by atoms with Gasteiger partial charge in [-0.1, -0.05) is 25.1 Å². The maximum atomic E-state index is 11.2. The first kappa shape index (κ1) is 17.7. The van der Waals surface area contributed by atoms with Crippen LogP contribution in [0.5, 0.6) is 5.75 Å². The number of hydrogen-bond acceptors (Lipinski definition) is 3. The number of rotatable bonds is 6. The van der Waals surface area contributed by atoms with Gasteiger partial charge in [-0.15, -0.1) is 0 Å². The Hall–Kier alpha value is -2.62. The molecule has 2 rings (SSSR count). The molecule has 0 aliphatic carbocycles. The average molecular weight is 326 g/mol. The van der Waals surface area contributed by atoms with Crippen LogP contribution in [0.25, 0.3) is 11.1 Å². The Morgan fingerprint density at radius 2 is 1.83 bits per heavy atom. The molecule has 1 unspecified atom stereocenters. The van der Waals surface area contributed by atoms with Crippen molar-refractivity contribution in [2.45, 2.75) is 40.2 Å². The fraction of sp³-hybridized carbons (Fsp3) is 0.300. The van der Waals surface area contributed by atoms with Gasteiger partial charge in [0.05, 0.1) is 0 Å². The zero-order valence-electron chi connectivity index (χ0n) is 14.4. The molecule has 1 atom stereocenters. The van der Waals surface area contributed by atoms with Crippen LogP contribution >= 0.6 is 0 Å². The van der Waals surface area contributed by atoms with Gasteiger partial charge in [-0.3, -0.25) is 4.79 Å². The molecule has 0 amide bonds. The Labute approximate surface area is 142 Å². The summed E-state index contributed by atoms with van der Waals surface area (Å²) in [5, 5.41) is 9.14. The summed E-state index contributed by atoms with van der Waals surface area (Å²) in [5.41, 5.74) is 5.62. The molecule has 2 aromatic rings. The van der Waals surface area contributed by atoms with E-state index in [9.17, 15) is 9.59 Å². The van der Waals surface area contributed by atoms with Gasteiger partial charge in [-0.2, -0.15) is 0 Å². The third-order valence-electron chi connectivity index (χ3n) is 4.20. The average Bonchev–Trinajstić information content (AvgIpc) is 2.53. The van der Waals surface area contributed by atoms with Crippen molar-refractivity contribution in [2.75, 3.05) is 0 Å². The summed E-state index contributed by atoms with van der Waals surface area (Å²) >= 11 is 0. The largest absolute Gasteiger partial charge is 0.479 e. The molecule has 24 heavy (non-hydrogen) atoms. The molecule has 0 saturated carbocycles. The van der Waals surface area contributed by atoms with Gasteiger partial charge in [0.2, 0.25) is 0 Å². The molecule has 4 heteroatoms. The van der Waals surface area contributed by atoms with Gasteiger partial charge in [0.15, 0.2) is 6.10 Å². The summed E-state index contributed by atoms with van der Waals surface area (Å²) in [6.07, 6.45) is 0.407. The normalized spacial score (nSPS) is 11.8. The molecule has 0 spiro atoms. The minimum atomic E-state index is -0.966. The predicted molar refractivity (Wildman–Crippen MR) is 93.8 cm³/mol. The van der Waals surface area contributed by atoms with Crippen molar-refractivity contribution in [3.63, 3.8) is 0 Å². The van der Waals surface area contributed by atoms with Crippen molar-refractivity contribution in [2.24, 2.45) is 0 Å². The molecule has 2 aromatic carbocycles. The fourth-order valence-electron chi connectivity index (χ4n) is 2.94. The molecule has 0 radical (unpaired) electrons. The van der Waals surface area contributed by atoms with Crippen LogP contribution in [0.15, 0.2) is 30.3 Å². The number of aryl methyl sites for hydroxylation is 2. The third-order valence-corrected chi connectivity index (χ3v) is 4.20. The zero-order chi connectivity index (χ0) is 17.9. The Balaban J connectivity index is 2.48. The van der Waals surface area contributed by atoms with Crippen LogP contribution < -0.4 is 4.74 Å². The molecule has 0 aromatic heterocycles.